The van der Waals surface area contributed by atoms with Crippen molar-refractivity contribution in [2.45, 2.75) is 37.7 Å². The Morgan fingerprint density at radius 2 is 1.76 bits per heavy atom. The normalized spacial score (nSPS) is 14.0. The first-order chi connectivity index (χ1) is 19.4. The zero-order valence-electron chi connectivity index (χ0n) is 22.7. The molecule has 2 amide bonds. The van der Waals surface area contributed by atoms with Crippen LogP contribution in [0.3, 0.4) is 0 Å². The maximum atomic E-state index is 12.9. The SMILES string of the molecule is CN(CCN)CCN.NC(CC=O)C(=O)NC(Cc1ccc(C(F)(F)F)cc1)C(=O)Nc1ccc2c(c1)B(O)OC2. The molecule has 2 aromatic carbocycles. The quantitative estimate of drug-likeness (QED) is 0.140. The number of anilines is 1. The molecule has 1 aliphatic rings. The number of nitrogens with zero attached hydrogens (tertiary/aromatic N) is 1. The molecule has 0 aliphatic carbocycles. The Kier molecular flexibility index (Phi) is 13.4. The van der Waals surface area contributed by atoms with Gasteiger partial charge in [0.1, 0.15) is 12.3 Å². The van der Waals surface area contributed by atoms with Crippen LogP contribution >= 0.6 is 0 Å². The number of amides is 2. The van der Waals surface area contributed by atoms with Crippen molar-refractivity contribution in [2.75, 3.05) is 38.5 Å². The Hall–Kier alpha value is -3.34. The van der Waals surface area contributed by atoms with Crippen LogP contribution in [0.4, 0.5) is 18.9 Å². The molecule has 0 aromatic heterocycles. The van der Waals surface area contributed by atoms with E-state index in [4.69, 9.17) is 21.9 Å². The van der Waals surface area contributed by atoms with Crippen molar-refractivity contribution >= 4 is 36.4 Å². The first-order valence-electron chi connectivity index (χ1n) is 12.9. The average Bonchev–Trinajstić information content (AvgIpc) is 3.28. The van der Waals surface area contributed by atoms with E-state index >= 15 is 0 Å². The van der Waals surface area contributed by atoms with Crippen LogP contribution in [0.5, 0.6) is 0 Å². The standard InChI is InChI=1S/C21H21BF3N3O5.C5H15N3/c23-21(24,25)14-4-1-12(2-5-14)9-18(28-19(30)17(26)7-8-29)20(31)27-15-6-3-13-11-33-22(32)16(13)10-15;1-8(4-2-6)5-3-7/h1-6,8,10,17-18,32H,7,9,11,26H2,(H,27,31)(H,28,30);2-7H2,1H3. The number of hydrogen-bond donors (Lipinski definition) is 6. The fourth-order valence-corrected chi connectivity index (χ4v) is 3.84. The van der Waals surface area contributed by atoms with Gasteiger partial charge in [0, 0.05) is 44.7 Å². The van der Waals surface area contributed by atoms with E-state index in [1.54, 1.807) is 12.1 Å². The molecule has 2 atom stereocenters. The van der Waals surface area contributed by atoms with Gasteiger partial charge in [0.2, 0.25) is 11.8 Å². The van der Waals surface area contributed by atoms with Gasteiger partial charge < -0.3 is 47.2 Å². The van der Waals surface area contributed by atoms with E-state index in [-0.39, 0.29) is 19.4 Å². The number of halogens is 3. The predicted octanol–water partition coefficient (Wildman–Crippen LogP) is -0.659. The monoisotopic (exact) mass is 580 g/mol. The molecule has 0 saturated heterocycles. The van der Waals surface area contributed by atoms with Crippen molar-refractivity contribution in [3.63, 3.8) is 0 Å². The van der Waals surface area contributed by atoms with Crippen molar-refractivity contribution in [1.29, 1.82) is 0 Å². The maximum absolute atomic E-state index is 12.9. The molecule has 11 nitrogen and oxygen atoms in total. The number of rotatable bonds is 12. The van der Waals surface area contributed by atoms with E-state index in [2.05, 4.69) is 15.5 Å². The number of carbonyl (C=O) groups excluding carboxylic acids is 3. The topological polar surface area (TPSA) is 186 Å². The number of aldehydes is 1. The number of fused-ring (bicyclic) bond motifs is 1. The van der Waals surface area contributed by atoms with Crippen molar-refractivity contribution < 1.29 is 37.2 Å². The van der Waals surface area contributed by atoms with Gasteiger partial charge in [0.15, 0.2) is 0 Å². The Morgan fingerprint density at radius 3 is 2.32 bits per heavy atom. The maximum Gasteiger partial charge on any atom is 0.491 e. The van der Waals surface area contributed by atoms with Gasteiger partial charge in [-0.15, -0.1) is 0 Å². The third-order valence-corrected chi connectivity index (χ3v) is 6.14. The average molecular weight is 580 g/mol. The number of nitrogens with two attached hydrogens (primary N) is 3. The molecule has 2 aromatic rings. The fourth-order valence-electron chi connectivity index (χ4n) is 3.84. The summed E-state index contributed by atoms with van der Waals surface area (Å²) in [4.78, 5) is 38.0. The van der Waals surface area contributed by atoms with Crippen LogP contribution in [0.15, 0.2) is 42.5 Å². The zero-order valence-corrected chi connectivity index (χ0v) is 22.7. The lowest BCUT2D eigenvalue weighted by Gasteiger charge is -2.21. The number of carbonyl (C=O) groups is 3. The number of likely N-dealkylation sites (N-methyl/N-ethyl adjacent to an activating group) is 1. The molecular weight excluding hydrogens is 544 g/mol. The highest BCUT2D eigenvalue weighted by atomic mass is 19.4. The summed E-state index contributed by atoms with van der Waals surface area (Å²) in [6.45, 7) is 3.55. The molecule has 1 heterocycles. The van der Waals surface area contributed by atoms with Crippen molar-refractivity contribution in [1.82, 2.24) is 10.2 Å². The lowest BCUT2D eigenvalue weighted by molar-refractivity contribution is -0.137. The van der Waals surface area contributed by atoms with Gasteiger partial charge in [-0.2, -0.15) is 13.2 Å². The minimum Gasteiger partial charge on any atom is -0.423 e. The highest BCUT2D eigenvalue weighted by Gasteiger charge is 2.31. The third-order valence-electron chi connectivity index (χ3n) is 6.14. The number of nitrogens with one attached hydrogen (secondary N) is 2. The molecule has 224 valence electrons. The van der Waals surface area contributed by atoms with Crippen LogP contribution in [0.2, 0.25) is 0 Å². The second kappa shape index (κ2) is 16.2. The van der Waals surface area contributed by atoms with Crippen LogP contribution in [-0.4, -0.2) is 80.5 Å². The van der Waals surface area contributed by atoms with Crippen molar-refractivity contribution in [3.8, 4) is 0 Å². The molecule has 0 spiro atoms. The van der Waals surface area contributed by atoms with E-state index in [0.29, 0.717) is 23.0 Å². The summed E-state index contributed by atoms with van der Waals surface area (Å²) in [7, 11) is 0.889. The van der Waals surface area contributed by atoms with E-state index < -0.39 is 42.8 Å². The van der Waals surface area contributed by atoms with E-state index in [1.807, 2.05) is 7.05 Å². The van der Waals surface area contributed by atoms with Gasteiger partial charge >= 0.3 is 13.3 Å². The van der Waals surface area contributed by atoms with Gasteiger partial charge in [-0.1, -0.05) is 18.2 Å². The summed E-state index contributed by atoms with van der Waals surface area (Å²) in [5, 5.41) is 14.9. The number of benzene rings is 2. The summed E-state index contributed by atoms with van der Waals surface area (Å²) in [5.74, 6) is -1.41. The molecule has 0 saturated carbocycles. The first-order valence-corrected chi connectivity index (χ1v) is 12.9. The molecule has 15 heteroatoms. The van der Waals surface area contributed by atoms with Gasteiger partial charge in [0.05, 0.1) is 18.2 Å². The first kappa shape index (κ1) is 33.9. The summed E-state index contributed by atoms with van der Waals surface area (Å²) >= 11 is 0. The van der Waals surface area contributed by atoms with Gasteiger partial charge in [-0.3, -0.25) is 9.59 Å². The van der Waals surface area contributed by atoms with Crippen LogP contribution < -0.4 is 33.3 Å². The van der Waals surface area contributed by atoms with Gasteiger partial charge in [-0.25, -0.2) is 0 Å². The Labute approximate surface area is 236 Å². The molecule has 2 unspecified atom stereocenters. The highest BCUT2D eigenvalue weighted by molar-refractivity contribution is 6.61. The molecule has 3 rings (SSSR count). The Bertz CT molecular complexity index is 1150. The Morgan fingerprint density at radius 1 is 1.12 bits per heavy atom. The molecule has 41 heavy (non-hydrogen) atoms. The van der Waals surface area contributed by atoms with Gasteiger partial charge in [0.25, 0.3) is 0 Å². The van der Waals surface area contributed by atoms with Crippen LogP contribution in [0.1, 0.15) is 23.1 Å². The molecule has 1 aliphatic heterocycles. The van der Waals surface area contributed by atoms with E-state index in [1.165, 1.54) is 18.2 Å². The number of hydrogen-bond acceptors (Lipinski definition) is 9. The second-order valence-electron chi connectivity index (χ2n) is 9.42. The smallest absolute Gasteiger partial charge is 0.423 e. The lowest BCUT2D eigenvalue weighted by atomic mass is 9.79. The van der Waals surface area contributed by atoms with Crippen LogP contribution in [0.25, 0.3) is 0 Å². The van der Waals surface area contributed by atoms with Crippen LogP contribution in [-0.2, 0) is 38.2 Å². The lowest BCUT2D eigenvalue weighted by Crippen LogP contribution is -2.51. The van der Waals surface area contributed by atoms with Gasteiger partial charge in [-0.05, 0) is 47.9 Å². The summed E-state index contributed by atoms with van der Waals surface area (Å²) in [5.41, 5.74) is 17.3. The van der Waals surface area contributed by atoms with Crippen molar-refractivity contribution in [2.24, 2.45) is 17.2 Å². The van der Waals surface area contributed by atoms with E-state index in [9.17, 15) is 32.6 Å². The number of alkyl halides is 3. The molecule has 0 fully saturated rings. The van der Waals surface area contributed by atoms with Crippen LogP contribution in [0, 0.1) is 0 Å². The third kappa shape index (κ3) is 10.9. The highest BCUT2D eigenvalue weighted by Crippen LogP contribution is 2.29. The molecular formula is C26H36BF3N6O5. The van der Waals surface area contributed by atoms with Crippen molar-refractivity contribution in [3.05, 3.63) is 59.2 Å². The molecule has 0 bridgehead atoms. The molecule has 0 radical (unpaired) electrons. The predicted molar refractivity (Wildman–Crippen MR) is 149 cm³/mol. The minimum absolute atomic E-state index is 0.125. The Balaban J connectivity index is 0.000000642. The summed E-state index contributed by atoms with van der Waals surface area (Å²) in [6.07, 6.45) is -4.43. The zero-order chi connectivity index (χ0) is 30.6. The fraction of sp³-hybridized carbons (Fsp3) is 0.423. The van der Waals surface area contributed by atoms with E-state index in [0.717, 1.165) is 43.9 Å². The molecule has 9 N–H and O–H groups in total. The minimum atomic E-state index is -4.51. The summed E-state index contributed by atoms with van der Waals surface area (Å²) in [6, 6.07) is 6.60. The second-order valence-corrected chi connectivity index (χ2v) is 9.42. The largest absolute Gasteiger partial charge is 0.491 e. The summed E-state index contributed by atoms with van der Waals surface area (Å²) < 4.78 is 43.6.